The highest BCUT2D eigenvalue weighted by molar-refractivity contribution is 6.30. The van der Waals surface area contributed by atoms with E-state index >= 15 is 0 Å². The SMILES string of the molecule is Cc1cc(Nc2cc(NC(=O)C3CC3)ncn2)c(=O)n(C(C)(NC=O)c2cccc(Cl)c2)c1C. The Morgan fingerprint density at radius 1 is 1.18 bits per heavy atom. The number of nitrogens with zero attached hydrogens (tertiary/aromatic N) is 3. The van der Waals surface area contributed by atoms with Crippen LogP contribution in [-0.2, 0) is 15.3 Å². The molecule has 0 saturated heterocycles. The first-order valence-corrected chi connectivity index (χ1v) is 11.2. The number of carbonyl (C=O) groups excluding carboxylic acids is 2. The van der Waals surface area contributed by atoms with E-state index in [1.165, 1.54) is 10.9 Å². The monoisotopic (exact) mass is 480 g/mol. The van der Waals surface area contributed by atoms with Gasteiger partial charge in [0.1, 0.15) is 29.3 Å². The lowest BCUT2D eigenvalue weighted by Gasteiger charge is -2.34. The number of benzene rings is 1. The van der Waals surface area contributed by atoms with Crippen molar-refractivity contribution < 1.29 is 9.59 Å². The molecule has 34 heavy (non-hydrogen) atoms. The molecule has 10 heteroatoms. The highest BCUT2D eigenvalue weighted by Crippen LogP contribution is 2.30. The Hall–Kier alpha value is -3.72. The average Bonchev–Trinajstić information content (AvgIpc) is 3.64. The topological polar surface area (TPSA) is 118 Å². The molecule has 0 aliphatic heterocycles. The fraction of sp³-hybridized carbons (Fsp3) is 0.292. The van der Waals surface area contributed by atoms with Crippen molar-refractivity contribution in [2.45, 2.75) is 39.3 Å². The van der Waals surface area contributed by atoms with Crippen LogP contribution < -0.4 is 21.5 Å². The molecule has 1 atom stereocenters. The normalized spacial score (nSPS) is 14.7. The number of hydrogen-bond acceptors (Lipinski definition) is 6. The number of anilines is 3. The van der Waals surface area contributed by atoms with Gasteiger partial charge >= 0.3 is 0 Å². The van der Waals surface area contributed by atoms with Gasteiger partial charge in [0.05, 0.1) is 0 Å². The predicted molar refractivity (Wildman–Crippen MR) is 130 cm³/mol. The number of hydrogen-bond donors (Lipinski definition) is 3. The summed E-state index contributed by atoms with van der Waals surface area (Å²) in [6, 6.07) is 10.3. The smallest absolute Gasteiger partial charge is 0.276 e. The molecule has 1 aliphatic carbocycles. The Kier molecular flexibility index (Phi) is 6.39. The molecule has 1 saturated carbocycles. The van der Waals surface area contributed by atoms with Crippen LogP contribution in [0.25, 0.3) is 0 Å². The third-order valence-corrected chi connectivity index (χ3v) is 6.24. The highest BCUT2D eigenvalue weighted by atomic mass is 35.5. The molecule has 1 fully saturated rings. The fourth-order valence-electron chi connectivity index (χ4n) is 3.85. The van der Waals surface area contributed by atoms with Crippen LogP contribution in [0.5, 0.6) is 0 Å². The van der Waals surface area contributed by atoms with E-state index in [4.69, 9.17) is 11.6 Å². The zero-order valence-corrected chi connectivity index (χ0v) is 19.8. The second-order valence-corrected chi connectivity index (χ2v) is 8.93. The minimum atomic E-state index is -1.20. The average molecular weight is 481 g/mol. The summed E-state index contributed by atoms with van der Waals surface area (Å²) in [6.45, 7) is 5.42. The molecular formula is C24H25ClN6O3. The molecule has 1 aliphatic rings. The number of aryl methyl sites for hydroxylation is 1. The van der Waals surface area contributed by atoms with Crippen molar-refractivity contribution in [3.8, 4) is 0 Å². The van der Waals surface area contributed by atoms with Crippen LogP contribution in [0.1, 0.15) is 36.6 Å². The molecule has 1 unspecified atom stereocenters. The van der Waals surface area contributed by atoms with Gasteiger partial charge in [0.2, 0.25) is 12.3 Å². The van der Waals surface area contributed by atoms with Crippen molar-refractivity contribution >= 4 is 41.2 Å². The molecule has 176 valence electrons. The van der Waals surface area contributed by atoms with E-state index in [0.29, 0.717) is 34.3 Å². The van der Waals surface area contributed by atoms with Crippen LogP contribution in [0.2, 0.25) is 5.02 Å². The van der Waals surface area contributed by atoms with Crippen LogP contribution in [0.4, 0.5) is 17.3 Å². The number of pyridine rings is 1. The number of aromatic nitrogens is 3. The van der Waals surface area contributed by atoms with Crippen LogP contribution in [0, 0.1) is 19.8 Å². The van der Waals surface area contributed by atoms with Gasteiger partial charge < -0.3 is 16.0 Å². The zero-order chi connectivity index (χ0) is 24.5. The third kappa shape index (κ3) is 4.65. The molecule has 2 amide bonds. The lowest BCUT2D eigenvalue weighted by molar-refractivity contribution is -0.117. The Labute approximate surface area is 201 Å². The lowest BCUT2D eigenvalue weighted by Crippen LogP contribution is -2.51. The third-order valence-electron chi connectivity index (χ3n) is 6.00. The van der Waals surface area contributed by atoms with Gasteiger partial charge in [-0.1, -0.05) is 23.7 Å². The summed E-state index contributed by atoms with van der Waals surface area (Å²) in [5, 5.41) is 9.08. The van der Waals surface area contributed by atoms with Crippen LogP contribution in [-0.4, -0.2) is 26.9 Å². The largest absolute Gasteiger partial charge is 0.336 e. The van der Waals surface area contributed by atoms with Crippen molar-refractivity contribution in [2.24, 2.45) is 5.92 Å². The Morgan fingerprint density at radius 2 is 1.91 bits per heavy atom. The van der Waals surface area contributed by atoms with Crippen molar-refractivity contribution in [2.75, 3.05) is 10.6 Å². The van der Waals surface area contributed by atoms with Gasteiger partial charge in [0, 0.05) is 22.7 Å². The quantitative estimate of drug-likeness (QED) is 0.425. The van der Waals surface area contributed by atoms with Crippen LogP contribution in [0.15, 0.2) is 47.5 Å². The van der Waals surface area contributed by atoms with E-state index in [2.05, 4.69) is 25.9 Å². The van der Waals surface area contributed by atoms with Gasteiger partial charge in [-0.3, -0.25) is 19.0 Å². The van der Waals surface area contributed by atoms with E-state index in [1.54, 1.807) is 43.3 Å². The highest BCUT2D eigenvalue weighted by Gasteiger charge is 2.32. The molecule has 3 aromatic rings. The second-order valence-electron chi connectivity index (χ2n) is 8.49. The number of amides is 2. The van der Waals surface area contributed by atoms with E-state index in [1.807, 2.05) is 13.8 Å². The summed E-state index contributed by atoms with van der Waals surface area (Å²) in [5.41, 5.74) is 0.808. The molecule has 4 rings (SSSR count). The molecule has 2 heterocycles. The molecule has 3 N–H and O–H groups in total. The van der Waals surface area contributed by atoms with E-state index in [9.17, 15) is 14.4 Å². The van der Waals surface area contributed by atoms with Gasteiger partial charge in [0.25, 0.3) is 5.56 Å². The molecule has 0 bridgehead atoms. The summed E-state index contributed by atoms with van der Waals surface area (Å²) >= 11 is 6.20. The lowest BCUT2D eigenvalue weighted by atomic mass is 9.99. The first kappa shape index (κ1) is 23.4. The Morgan fingerprint density at radius 3 is 2.59 bits per heavy atom. The second kappa shape index (κ2) is 9.26. The molecule has 1 aromatic carbocycles. The number of rotatable bonds is 8. The van der Waals surface area contributed by atoms with Crippen molar-refractivity contribution in [3.05, 3.63) is 74.9 Å². The first-order chi connectivity index (χ1) is 16.2. The molecule has 0 radical (unpaired) electrons. The van der Waals surface area contributed by atoms with Gasteiger partial charge in [0.15, 0.2) is 0 Å². The summed E-state index contributed by atoms with van der Waals surface area (Å²) in [6.07, 6.45) is 3.63. The van der Waals surface area contributed by atoms with Gasteiger partial charge in [-0.05, 0) is 62.9 Å². The van der Waals surface area contributed by atoms with Crippen LogP contribution in [0.3, 0.4) is 0 Å². The molecule has 9 nitrogen and oxygen atoms in total. The van der Waals surface area contributed by atoms with Gasteiger partial charge in [-0.2, -0.15) is 0 Å². The zero-order valence-electron chi connectivity index (χ0n) is 19.1. The van der Waals surface area contributed by atoms with E-state index in [-0.39, 0.29) is 23.1 Å². The van der Waals surface area contributed by atoms with Crippen molar-refractivity contribution in [1.29, 1.82) is 0 Å². The van der Waals surface area contributed by atoms with Crippen molar-refractivity contribution in [3.63, 3.8) is 0 Å². The van der Waals surface area contributed by atoms with Gasteiger partial charge in [-0.15, -0.1) is 0 Å². The van der Waals surface area contributed by atoms with E-state index in [0.717, 1.165) is 18.4 Å². The van der Waals surface area contributed by atoms with Crippen molar-refractivity contribution in [1.82, 2.24) is 19.9 Å². The standard InChI is InChI=1S/C24H25ClN6O3/c1-14-9-19(29-20-11-21(27-12-26-20)30-22(33)16-7-8-16)23(34)31(15(14)2)24(3,28-13-32)17-5-4-6-18(25)10-17/h4-6,9-13,16H,7-8H2,1-3H3,(H,28,32)(H2,26,27,29,30,33). The maximum Gasteiger partial charge on any atom is 0.276 e. The number of carbonyl (C=O) groups is 2. The first-order valence-electron chi connectivity index (χ1n) is 10.8. The van der Waals surface area contributed by atoms with E-state index < -0.39 is 5.66 Å². The maximum absolute atomic E-state index is 13.7. The summed E-state index contributed by atoms with van der Waals surface area (Å²) < 4.78 is 1.52. The minimum absolute atomic E-state index is 0.0350. The summed E-state index contributed by atoms with van der Waals surface area (Å²) in [7, 11) is 0. The number of halogens is 1. The Balaban J connectivity index is 1.75. The van der Waals surface area contributed by atoms with Crippen LogP contribution >= 0.6 is 11.6 Å². The molecule has 0 spiro atoms. The minimum Gasteiger partial charge on any atom is -0.336 e. The summed E-state index contributed by atoms with van der Waals surface area (Å²) in [5.74, 6) is 0.661. The summed E-state index contributed by atoms with van der Waals surface area (Å²) in [4.78, 5) is 45.6. The molecule has 2 aromatic heterocycles. The maximum atomic E-state index is 13.7. The predicted octanol–water partition coefficient (Wildman–Crippen LogP) is 3.47. The Bertz CT molecular complexity index is 1320. The fourth-order valence-corrected chi connectivity index (χ4v) is 4.04. The molecular weight excluding hydrogens is 456 g/mol. The van der Waals surface area contributed by atoms with Gasteiger partial charge in [-0.25, -0.2) is 9.97 Å². The number of nitrogens with one attached hydrogen (secondary N) is 3.